The van der Waals surface area contributed by atoms with Crippen molar-refractivity contribution in [1.29, 1.82) is 0 Å². The van der Waals surface area contributed by atoms with Crippen molar-refractivity contribution in [2.75, 3.05) is 24.2 Å². The number of hydrogen-bond donors (Lipinski definition) is 1. The minimum Gasteiger partial charge on any atom is -0.444 e. The van der Waals surface area contributed by atoms with Crippen LogP contribution in [0.15, 0.2) is 0 Å². The normalized spacial score (nSPS) is 16.4. The highest BCUT2D eigenvalue weighted by Gasteiger charge is 2.28. The summed E-state index contributed by atoms with van der Waals surface area (Å²) < 4.78 is 17.3. The van der Waals surface area contributed by atoms with E-state index < -0.39 is 17.3 Å². The molecule has 0 aromatic carbocycles. The molecule has 2 atom stereocenters. The van der Waals surface area contributed by atoms with Crippen LogP contribution in [-0.4, -0.2) is 47.6 Å². The van der Waals surface area contributed by atoms with Crippen molar-refractivity contribution in [2.24, 2.45) is 0 Å². The summed E-state index contributed by atoms with van der Waals surface area (Å²) in [4.78, 5) is 11.7. The van der Waals surface area contributed by atoms with Gasteiger partial charge in [0.15, 0.2) is 0 Å². The molecule has 0 aliphatic carbocycles. The number of hydrogen-bond acceptors (Lipinski definition) is 4. The summed E-state index contributed by atoms with van der Waals surface area (Å²) in [5.74, 6) is 0. The number of carbonyl (C=O) groups is 1. The van der Waals surface area contributed by atoms with E-state index in [-0.39, 0.29) is 6.10 Å². The molecular weight excluding hydrogens is 373 g/mol. The molecular formula is C14H28INO4. The first-order valence-electron chi connectivity index (χ1n) is 6.90. The largest absolute Gasteiger partial charge is 0.444 e. The zero-order valence-electron chi connectivity index (χ0n) is 13.4. The van der Waals surface area contributed by atoms with Gasteiger partial charge in [0.1, 0.15) is 5.60 Å². The summed E-state index contributed by atoms with van der Waals surface area (Å²) >= 11 is 2.25. The van der Waals surface area contributed by atoms with E-state index in [9.17, 15) is 4.79 Å². The molecule has 0 saturated heterocycles. The van der Waals surface area contributed by atoms with Crippen LogP contribution in [0, 0.1) is 0 Å². The number of amides is 1. The molecule has 0 aliphatic rings. The van der Waals surface area contributed by atoms with Gasteiger partial charge in [-0.2, -0.15) is 0 Å². The van der Waals surface area contributed by atoms with Crippen molar-refractivity contribution < 1.29 is 19.0 Å². The van der Waals surface area contributed by atoms with Gasteiger partial charge in [0.25, 0.3) is 0 Å². The first-order valence-corrected chi connectivity index (χ1v) is 8.43. The summed E-state index contributed by atoms with van der Waals surface area (Å²) in [5.41, 5.74) is -0.929. The van der Waals surface area contributed by atoms with Crippen LogP contribution in [0.3, 0.4) is 0 Å². The van der Waals surface area contributed by atoms with Crippen molar-refractivity contribution in [3.63, 3.8) is 0 Å². The lowest BCUT2D eigenvalue weighted by atomic mass is 10.1. The van der Waals surface area contributed by atoms with E-state index in [1.165, 1.54) is 0 Å². The second-order valence-corrected chi connectivity index (χ2v) is 6.79. The lowest BCUT2D eigenvalue weighted by Crippen LogP contribution is -2.47. The third kappa shape index (κ3) is 9.77. The Kier molecular flexibility index (Phi) is 9.01. The Labute approximate surface area is 136 Å². The molecule has 1 amide bonds. The Morgan fingerprint density at radius 2 is 1.90 bits per heavy atom. The van der Waals surface area contributed by atoms with Gasteiger partial charge in [0, 0.05) is 11.0 Å². The van der Waals surface area contributed by atoms with Crippen LogP contribution >= 0.6 is 22.6 Å². The average molecular weight is 401 g/mol. The Bertz CT molecular complexity index is 293. The maximum absolute atomic E-state index is 11.7. The van der Waals surface area contributed by atoms with Crippen LogP contribution in [0.4, 0.5) is 4.79 Å². The lowest BCUT2D eigenvalue weighted by Gasteiger charge is -2.32. The number of halogens is 1. The number of alkyl carbamates (subject to hydrolysis) is 1. The van der Waals surface area contributed by atoms with Gasteiger partial charge in [-0.1, -0.05) is 22.6 Å². The maximum Gasteiger partial charge on any atom is 0.407 e. The van der Waals surface area contributed by atoms with Crippen molar-refractivity contribution in [1.82, 2.24) is 5.32 Å². The third-order valence-corrected chi connectivity index (χ3v) is 3.94. The predicted octanol–water partition coefficient (Wildman–Crippen LogP) is 3.15. The molecule has 5 nitrogen and oxygen atoms in total. The average Bonchev–Trinajstić information content (AvgIpc) is 2.32. The Hall–Kier alpha value is -0.0800. The van der Waals surface area contributed by atoms with Gasteiger partial charge in [-0.15, -0.1) is 0 Å². The minimum absolute atomic E-state index is 0.0184. The van der Waals surface area contributed by atoms with Gasteiger partial charge >= 0.3 is 6.09 Å². The molecule has 0 aromatic heterocycles. The molecule has 0 aromatic rings. The molecule has 0 bridgehead atoms. The van der Waals surface area contributed by atoms with Gasteiger partial charge in [0.05, 0.1) is 24.9 Å². The van der Waals surface area contributed by atoms with Crippen molar-refractivity contribution >= 4 is 28.7 Å². The minimum atomic E-state index is -0.492. The molecule has 0 rings (SSSR count). The highest BCUT2D eigenvalue weighted by atomic mass is 127. The summed E-state index contributed by atoms with van der Waals surface area (Å²) in [5, 5.41) is 2.76. The van der Waals surface area contributed by atoms with Crippen LogP contribution in [0.2, 0.25) is 0 Å². The van der Waals surface area contributed by atoms with Gasteiger partial charge < -0.3 is 19.5 Å². The van der Waals surface area contributed by atoms with Crippen LogP contribution in [0.5, 0.6) is 0 Å². The topological polar surface area (TPSA) is 56.8 Å². The molecule has 1 N–H and O–H groups in total. The second kappa shape index (κ2) is 9.04. The van der Waals surface area contributed by atoms with Gasteiger partial charge in [-0.25, -0.2) is 4.79 Å². The smallest absolute Gasteiger partial charge is 0.407 e. The van der Waals surface area contributed by atoms with Crippen LogP contribution in [-0.2, 0) is 14.2 Å². The van der Waals surface area contributed by atoms with Crippen molar-refractivity contribution in [3.05, 3.63) is 0 Å². The van der Waals surface area contributed by atoms with E-state index in [1.807, 2.05) is 41.5 Å². The zero-order chi connectivity index (χ0) is 15.8. The summed E-state index contributed by atoms with van der Waals surface area (Å²) in [6.07, 6.45) is -0.440. The van der Waals surface area contributed by atoms with Crippen molar-refractivity contribution in [2.45, 2.75) is 58.8 Å². The summed E-state index contributed by atoms with van der Waals surface area (Å²) in [6, 6.07) is 0. The molecule has 0 fully saturated rings. The molecule has 6 heteroatoms. The number of ether oxygens (including phenoxy) is 3. The van der Waals surface area contributed by atoms with Gasteiger partial charge in [-0.3, -0.25) is 0 Å². The molecule has 0 saturated carbocycles. The van der Waals surface area contributed by atoms with E-state index in [1.54, 1.807) is 0 Å². The van der Waals surface area contributed by atoms with Gasteiger partial charge in [0.2, 0.25) is 0 Å². The van der Waals surface area contributed by atoms with Crippen LogP contribution in [0.25, 0.3) is 0 Å². The fourth-order valence-electron chi connectivity index (χ4n) is 1.50. The Morgan fingerprint density at radius 3 is 2.35 bits per heavy atom. The van der Waals surface area contributed by atoms with E-state index in [4.69, 9.17) is 14.2 Å². The monoisotopic (exact) mass is 401 g/mol. The molecule has 0 radical (unpaired) electrons. The van der Waals surface area contributed by atoms with E-state index >= 15 is 0 Å². The third-order valence-electron chi connectivity index (χ3n) is 2.33. The predicted molar refractivity (Wildman–Crippen MR) is 88.6 cm³/mol. The Balaban J connectivity index is 4.26. The van der Waals surface area contributed by atoms with Crippen molar-refractivity contribution in [3.8, 4) is 0 Å². The molecule has 120 valence electrons. The standard InChI is InChI=1S/C14H28INO4/c1-7-18-8-11(2)19-14(6,9-15)10-16-12(17)20-13(3,4)5/h11H,7-10H2,1-6H3,(H,16,17). The highest BCUT2D eigenvalue weighted by molar-refractivity contribution is 14.1. The highest BCUT2D eigenvalue weighted by Crippen LogP contribution is 2.16. The molecule has 20 heavy (non-hydrogen) atoms. The fourth-order valence-corrected chi connectivity index (χ4v) is 1.95. The van der Waals surface area contributed by atoms with E-state index in [0.717, 1.165) is 4.43 Å². The first-order chi connectivity index (χ1) is 9.12. The fraction of sp³-hybridized carbons (Fsp3) is 0.929. The SMILES string of the molecule is CCOCC(C)OC(C)(CI)CNC(=O)OC(C)(C)C. The number of rotatable bonds is 8. The second-order valence-electron chi connectivity index (χ2n) is 6.03. The number of nitrogens with one attached hydrogen (secondary N) is 1. The molecule has 0 spiro atoms. The molecule has 0 aliphatic heterocycles. The van der Waals surface area contributed by atoms with E-state index in [0.29, 0.717) is 19.8 Å². The number of alkyl halides is 1. The molecule has 0 heterocycles. The first kappa shape index (κ1) is 19.9. The van der Waals surface area contributed by atoms with Crippen LogP contribution in [0.1, 0.15) is 41.5 Å². The zero-order valence-corrected chi connectivity index (χ0v) is 15.6. The van der Waals surface area contributed by atoms with Gasteiger partial charge in [-0.05, 0) is 41.5 Å². The summed E-state index contributed by atoms with van der Waals surface area (Å²) in [6.45, 7) is 13.0. The lowest BCUT2D eigenvalue weighted by molar-refractivity contribution is -0.0868. The summed E-state index contributed by atoms with van der Waals surface area (Å²) in [7, 11) is 0. The number of carbonyl (C=O) groups excluding carboxylic acids is 1. The molecule has 2 unspecified atom stereocenters. The van der Waals surface area contributed by atoms with Crippen LogP contribution < -0.4 is 5.32 Å². The Morgan fingerprint density at radius 1 is 1.30 bits per heavy atom. The van der Waals surface area contributed by atoms with E-state index in [2.05, 4.69) is 27.9 Å². The quantitative estimate of drug-likeness (QED) is 0.502. The maximum atomic E-state index is 11.7.